The first-order valence-electron chi connectivity index (χ1n) is 10.4. The fraction of sp³-hybridized carbons (Fsp3) is 0.500. The Hall–Kier alpha value is -3.28. The van der Waals surface area contributed by atoms with Crippen LogP contribution in [0, 0.1) is 0 Å². The molecule has 0 bridgehead atoms. The van der Waals surface area contributed by atoms with Crippen LogP contribution in [0.2, 0.25) is 0 Å². The second kappa shape index (κ2) is 14.8. The van der Waals surface area contributed by atoms with Crippen molar-refractivity contribution in [2.45, 2.75) is 57.9 Å². The van der Waals surface area contributed by atoms with Crippen molar-refractivity contribution in [3.05, 3.63) is 35.9 Å². The van der Waals surface area contributed by atoms with Gasteiger partial charge in [-0.1, -0.05) is 44.2 Å². The van der Waals surface area contributed by atoms with Gasteiger partial charge in [-0.15, -0.1) is 0 Å². The third kappa shape index (κ3) is 11.0. The van der Waals surface area contributed by atoms with Gasteiger partial charge in [0.05, 0.1) is 4.75 Å². The highest BCUT2D eigenvalue weighted by Gasteiger charge is 2.41. The topological polar surface area (TPSA) is 144 Å². The minimum atomic E-state index is -1.36. The van der Waals surface area contributed by atoms with Gasteiger partial charge in [-0.3, -0.25) is 9.59 Å². The summed E-state index contributed by atoms with van der Waals surface area (Å²) in [5, 5.41) is 1.49. The molecule has 1 rings (SSSR count). The van der Waals surface area contributed by atoms with Gasteiger partial charge in [-0.25, -0.2) is 14.4 Å². The van der Waals surface area contributed by atoms with Gasteiger partial charge in [0.1, 0.15) is 12.6 Å². The first-order chi connectivity index (χ1) is 16.1. The van der Waals surface area contributed by atoms with E-state index in [4.69, 9.17) is 18.9 Å². The van der Waals surface area contributed by atoms with Crippen LogP contribution < -0.4 is 5.32 Å². The largest absolute Gasteiger partial charge is 0.459 e. The zero-order valence-electron chi connectivity index (χ0n) is 19.5. The maximum Gasteiger partial charge on any atom is 0.410 e. The SMILES string of the molecule is CCC(=O)OCOC(=O)N[C@@H](C(=O)OCc1ccccc1)C(C)(C)SC(=O)OCOC(=O)CC. The number of hydrogen-bond acceptors (Lipinski definition) is 11. The molecule has 1 aromatic carbocycles. The Labute approximate surface area is 201 Å². The second-order valence-electron chi connectivity index (χ2n) is 7.18. The van der Waals surface area contributed by atoms with Crippen molar-refractivity contribution >= 4 is 41.1 Å². The number of rotatable bonds is 12. The lowest BCUT2D eigenvalue weighted by atomic mass is 10.0. The molecule has 12 heteroatoms. The molecule has 0 radical (unpaired) electrons. The van der Waals surface area contributed by atoms with E-state index in [1.807, 2.05) is 0 Å². The zero-order chi connectivity index (χ0) is 25.6. The predicted octanol–water partition coefficient (Wildman–Crippen LogP) is 3.29. The lowest BCUT2D eigenvalue weighted by Gasteiger charge is -2.31. The Morgan fingerprint density at radius 1 is 0.853 bits per heavy atom. The molecule has 188 valence electrons. The summed E-state index contributed by atoms with van der Waals surface area (Å²) in [6.07, 6.45) is -0.853. The minimum absolute atomic E-state index is 0.0703. The molecule has 0 aliphatic carbocycles. The molecule has 1 amide bonds. The van der Waals surface area contributed by atoms with Crippen LogP contribution in [0.1, 0.15) is 46.1 Å². The maximum atomic E-state index is 12.8. The number of alkyl carbamates (subject to hydrolysis) is 1. The molecule has 0 heterocycles. The summed E-state index contributed by atoms with van der Waals surface area (Å²) in [5.41, 5.74) is 0.714. The van der Waals surface area contributed by atoms with Gasteiger partial charge < -0.3 is 29.0 Å². The van der Waals surface area contributed by atoms with E-state index >= 15 is 0 Å². The van der Waals surface area contributed by atoms with Crippen LogP contribution in [-0.4, -0.2) is 53.7 Å². The Morgan fingerprint density at radius 2 is 1.41 bits per heavy atom. The average Bonchev–Trinajstić information content (AvgIpc) is 2.80. The van der Waals surface area contributed by atoms with Crippen LogP contribution in [0.4, 0.5) is 9.59 Å². The van der Waals surface area contributed by atoms with E-state index in [1.54, 1.807) is 44.2 Å². The molecule has 0 aliphatic heterocycles. The van der Waals surface area contributed by atoms with E-state index in [0.717, 1.165) is 0 Å². The molecule has 0 aliphatic rings. The van der Waals surface area contributed by atoms with E-state index in [9.17, 15) is 24.0 Å². The molecule has 0 saturated carbocycles. The van der Waals surface area contributed by atoms with Crippen LogP contribution in [0.3, 0.4) is 0 Å². The molecule has 11 nitrogen and oxygen atoms in total. The summed E-state index contributed by atoms with van der Waals surface area (Å²) in [6, 6.07) is 7.49. The van der Waals surface area contributed by atoms with E-state index in [2.05, 4.69) is 10.1 Å². The van der Waals surface area contributed by atoms with Gasteiger partial charge in [0.15, 0.2) is 0 Å². The highest BCUT2D eigenvalue weighted by atomic mass is 32.2. The molecule has 0 spiro atoms. The van der Waals surface area contributed by atoms with E-state index in [1.165, 1.54) is 13.8 Å². The molecule has 0 saturated heterocycles. The van der Waals surface area contributed by atoms with Gasteiger partial charge >= 0.3 is 29.3 Å². The monoisotopic (exact) mass is 499 g/mol. The first-order valence-corrected chi connectivity index (χ1v) is 11.2. The average molecular weight is 500 g/mol. The predicted molar refractivity (Wildman–Crippen MR) is 120 cm³/mol. The third-order valence-corrected chi connectivity index (χ3v) is 5.19. The van der Waals surface area contributed by atoms with Crippen LogP contribution in [-0.2, 0) is 44.7 Å². The molecule has 0 unspecified atom stereocenters. The van der Waals surface area contributed by atoms with Crippen LogP contribution in [0.5, 0.6) is 0 Å². The van der Waals surface area contributed by atoms with E-state index in [-0.39, 0.29) is 19.4 Å². The summed E-state index contributed by atoms with van der Waals surface area (Å²) in [6.45, 7) is 4.86. The lowest BCUT2D eigenvalue weighted by Crippen LogP contribution is -2.53. The number of benzene rings is 1. The molecule has 0 fully saturated rings. The van der Waals surface area contributed by atoms with Gasteiger partial charge in [-0.2, -0.15) is 0 Å². The van der Waals surface area contributed by atoms with E-state index in [0.29, 0.717) is 17.3 Å². The Balaban J connectivity index is 2.82. The van der Waals surface area contributed by atoms with Crippen molar-refractivity contribution in [2.75, 3.05) is 13.6 Å². The minimum Gasteiger partial charge on any atom is -0.459 e. The molecular weight excluding hydrogens is 470 g/mol. The number of esters is 3. The standard InChI is InChI=1S/C22H29NO10S/c1-5-16(24)30-13-32-20(27)23-18(19(26)29-12-15-10-8-7-9-11-15)22(3,4)34-21(28)33-14-31-17(25)6-2/h7-11,18H,5-6,12-14H2,1-4H3,(H,23,27)/t18-/m0/s1. The molecule has 1 N–H and O–H groups in total. The summed E-state index contributed by atoms with van der Waals surface area (Å²) in [4.78, 5) is 59.6. The van der Waals surface area contributed by atoms with Crippen molar-refractivity contribution in [2.24, 2.45) is 0 Å². The summed E-state index contributed by atoms with van der Waals surface area (Å²) in [5.74, 6) is -1.96. The number of carbonyl (C=O) groups is 5. The normalized spacial score (nSPS) is 11.5. The molecule has 34 heavy (non-hydrogen) atoms. The Kier molecular flexibility index (Phi) is 12.5. The fourth-order valence-electron chi connectivity index (χ4n) is 2.29. The van der Waals surface area contributed by atoms with Crippen LogP contribution in [0.15, 0.2) is 30.3 Å². The number of hydrogen-bond donors (Lipinski definition) is 1. The number of carbonyl (C=O) groups excluding carboxylic acids is 5. The van der Waals surface area contributed by atoms with Crippen molar-refractivity contribution in [3.8, 4) is 0 Å². The Morgan fingerprint density at radius 3 is 1.97 bits per heavy atom. The zero-order valence-corrected chi connectivity index (χ0v) is 20.3. The number of nitrogens with one attached hydrogen (secondary N) is 1. The molecule has 0 aromatic heterocycles. The highest BCUT2D eigenvalue weighted by molar-refractivity contribution is 8.14. The lowest BCUT2D eigenvalue weighted by molar-refractivity contribution is -0.153. The molecule has 1 atom stereocenters. The third-order valence-electron chi connectivity index (χ3n) is 4.15. The molecule has 1 aromatic rings. The summed E-state index contributed by atoms with van der Waals surface area (Å²) < 4.78 is 23.0. The highest BCUT2D eigenvalue weighted by Crippen LogP contribution is 2.31. The fourth-order valence-corrected chi connectivity index (χ4v) is 3.10. The van der Waals surface area contributed by atoms with Gasteiger partial charge in [-0.05, 0) is 31.2 Å². The van der Waals surface area contributed by atoms with Crippen LogP contribution >= 0.6 is 11.8 Å². The smallest absolute Gasteiger partial charge is 0.410 e. The summed E-state index contributed by atoms with van der Waals surface area (Å²) in [7, 11) is 0. The van der Waals surface area contributed by atoms with Crippen molar-refractivity contribution in [1.82, 2.24) is 5.32 Å². The Bertz CT molecular complexity index is 843. The first kappa shape index (κ1) is 28.8. The van der Waals surface area contributed by atoms with Crippen molar-refractivity contribution in [1.29, 1.82) is 0 Å². The quantitative estimate of drug-likeness (QED) is 0.257. The van der Waals surface area contributed by atoms with Gasteiger partial charge in [0, 0.05) is 12.8 Å². The van der Waals surface area contributed by atoms with Crippen molar-refractivity contribution < 1.29 is 47.7 Å². The summed E-state index contributed by atoms with van der Waals surface area (Å²) >= 11 is 0.585. The number of thioether (sulfide) groups is 1. The second-order valence-corrected chi connectivity index (χ2v) is 8.77. The van der Waals surface area contributed by atoms with E-state index < -0.39 is 53.7 Å². The van der Waals surface area contributed by atoms with Crippen molar-refractivity contribution in [3.63, 3.8) is 0 Å². The molecular formula is C22H29NO10S. The number of amides is 1. The van der Waals surface area contributed by atoms with Crippen LogP contribution in [0.25, 0.3) is 0 Å². The van der Waals surface area contributed by atoms with Gasteiger partial charge in [0.25, 0.3) is 0 Å². The maximum absolute atomic E-state index is 12.8. The number of ether oxygens (including phenoxy) is 5. The van der Waals surface area contributed by atoms with Gasteiger partial charge in [0.2, 0.25) is 13.6 Å².